The molecule has 148 valence electrons. The summed E-state index contributed by atoms with van der Waals surface area (Å²) in [6.07, 6.45) is 2.13. The molecule has 2 aromatic carbocycles. The normalized spacial score (nSPS) is 13.4. The average molecular weight is 379 g/mol. The molecule has 1 aliphatic heterocycles. The first-order valence-corrected chi connectivity index (χ1v) is 10.0. The van der Waals surface area contributed by atoms with Crippen LogP contribution in [0.3, 0.4) is 0 Å². The highest BCUT2D eigenvalue weighted by Crippen LogP contribution is 2.24. The molecule has 0 aliphatic carbocycles. The average Bonchev–Trinajstić information content (AvgIpc) is 2.70. The summed E-state index contributed by atoms with van der Waals surface area (Å²) in [6.45, 7) is 5.91. The number of nitrogens with zero attached hydrogens (tertiary/aromatic N) is 2. The number of hydrogen-bond donors (Lipinski definition) is 0. The molecule has 0 radical (unpaired) electrons. The van der Waals surface area contributed by atoms with E-state index in [1.807, 2.05) is 29.2 Å². The molecule has 0 spiro atoms. The minimum atomic E-state index is -0.00428. The summed E-state index contributed by atoms with van der Waals surface area (Å²) in [6, 6.07) is 14.3. The van der Waals surface area contributed by atoms with E-state index in [0.29, 0.717) is 30.9 Å². The van der Waals surface area contributed by atoms with Crippen molar-refractivity contribution in [1.82, 2.24) is 9.80 Å². The molecule has 4 nitrogen and oxygen atoms in total. The predicted octanol–water partition coefficient (Wildman–Crippen LogP) is 4.03. The van der Waals surface area contributed by atoms with Crippen molar-refractivity contribution < 1.29 is 9.59 Å². The summed E-state index contributed by atoms with van der Waals surface area (Å²) in [7, 11) is 3.49. The minimum absolute atomic E-state index is 0.00428. The van der Waals surface area contributed by atoms with E-state index in [9.17, 15) is 9.59 Å². The summed E-state index contributed by atoms with van der Waals surface area (Å²) in [5.41, 5.74) is 5.75. The van der Waals surface area contributed by atoms with Gasteiger partial charge in [0.2, 0.25) is 5.91 Å². The lowest BCUT2D eigenvalue weighted by atomic mass is 9.93. The highest BCUT2D eigenvalue weighted by molar-refractivity contribution is 5.93. The van der Waals surface area contributed by atoms with Crippen LogP contribution in [-0.2, 0) is 24.2 Å². The van der Waals surface area contributed by atoms with Crippen LogP contribution in [0.15, 0.2) is 42.5 Å². The van der Waals surface area contributed by atoms with Gasteiger partial charge in [-0.15, -0.1) is 0 Å². The molecule has 28 heavy (non-hydrogen) atoms. The second kappa shape index (κ2) is 8.59. The number of carbonyl (C=O) groups excluding carboxylic acids is 2. The van der Waals surface area contributed by atoms with Crippen LogP contribution in [0.2, 0.25) is 0 Å². The predicted molar refractivity (Wildman–Crippen MR) is 112 cm³/mol. The quantitative estimate of drug-likeness (QED) is 0.788. The van der Waals surface area contributed by atoms with Crippen molar-refractivity contribution in [2.45, 2.75) is 45.6 Å². The van der Waals surface area contributed by atoms with E-state index >= 15 is 0 Å². The van der Waals surface area contributed by atoms with Gasteiger partial charge in [-0.3, -0.25) is 9.59 Å². The van der Waals surface area contributed by atoms with Crippen molar-refractivity contribution in [3.63, 3.8) is 0 Å². The summed E-state index contributed by atoms with van der Waals surface area (Å²) in [4.78, 5) is 28.2. The zero-order valence-electron chi connectivity index (χ0n) is 17.4. The Bertz CT molecular complexity index is 853. The molecule has 2 amide bonds. The molecule has 0 aromatic heterocycles. The number of carbonyl (C=O) groups is 2. The van der Waals surface area contributed by atoms with Gasteiger partial charge in [-0.2, -0.15) is 0 Å². The Morgan fingerprint density at radius 1 is 1.04 bits per heavy atom. The van der Waals surface area contributed by atoms with Crippen molar-refractivity contribution in [2.24, 2.45) is 0 Å². The fraction of sp³-hybridized carbons (Fsp3) is 0.417. The van der Waals surface area contributed by atoms with Crippen LogP contribution in [-0.4, -0.2) is 42.3 Å². The highest BCUT2D eigenvalue weighted by Gasteiger charge is 2.21. The van der Waals surface area contributed by atoms with Gasteiger partial charge in [-0.1, -0.05) is 44.2 Å². The van der Waals surface area contributed by atoms with Crippen LogP contribution in [0.4, 0.5) is 0 Å². The summed E-state index contributed by atoms with van der Waals surface area (Å²) in [5, 5.41) is 0. The van der Waals surface area contributed by atoms with Crippen molar-refractivity contribution in [2.75, 3.05) is 20.6 Å². The standard InChI is InChI=1S/C24H30N2O2/c1-17(2)21-11-10-19-13-14-26(16-22(19)15-21)23(27)12-7-18-5-8-20(9-6-18)24(28)25(3)4/h5-6,8-11,15,17H,7,12-14,16H2,1-4H3. The third-order valence-electron chi connectivity index (χ3n) is 5.50. The molecule has 3 rings (SSSR count). The molecule has 2 aromatic rings. The molecule has 0 atom stereocenters. The Kier molecular flexibility index (Phi) is 6.18. The van der Waals surface area contributed by atoms with Crippen LogP contribution in [0.5, 0.6) is 0 Å². The monoisotopic (exact) mass is 378 g/mol. The van der Waals surface area contributed by atoms with Crippen molar-refractivity contribution in [3.8, 4) is 0 Å². The first-order chi connectivity index (χ1) is 13.3. The summed E-state index contributed by atoms with van der Waals surface area (Å²) in [5.74, 6) is 0.697. The Hall–Kier alpha value is -2.62. The van der Waals surface area contributed by atoms with Gasteiger partial charge >= 0.3 is 0 Å². The molecule has 0 unspecified atom stereocenters. The lowest BCUT2D eigenvalue weighted by molar-refractivity contribution is -0.132. The van der Waals surface area contributed by atoms with Gasteiger partial charge in [-0.25, -0.2) is 0 Å². The third-order valence-corrected chi connectivity index (χ3v) is 5.50. The molecule has 1 aliphatic rings. The number of fused-ring (bicyclic) bond motifs is 1. The maximum Gasteiger partial charge on any atom is 0.253 e. The van der Waals surface area contributed by atoms with Crippen molar-refractivity contribution in [3.05, 3.63) is 70.3 Å². The van der Waals surface area contributed by atoms with Crippen LogP contribution < -0.4 is 0 Å². The Labute approximate surface area is 168 Å². The SMILES string of the molecule is CC(C)c1ccc2c(c1)CN(C(=O)CCc1ccc(C(=O)N(C)C)cc1)CC2. The molecular weight excluding hydrogens is 348 g/mol. The third kappa shape index (κ3) is 4.61. The van der Waals surface area contributed by atoms with Gasteiger partial charge in [0.1, 0.15) is 0 Å². The number of hydrogen-bond acceptors (Lipinski definition) is 2. The van der Waals surface area contributed by atoms with E-state index in [-0.39, 0.29) is 11.8 Å². The van der Waals surface area contributed by atoms with Crippen molar-refractivity contribution >= 4 is 11.8 Å². The molecule has 0 saturated carbocycles. The largest absolute Gasteiger partial charge is 0.345 e. The highest BCUT2D eigenvalue weighted by atomic mass is 16.2. The van der Waals surface area contributed by atoms with Crippen molar-refractivity contribution in [1.29, 1.82) is 0 Å². The van der Waals surface area contributed by atoms with Crippen LogP contribution in [0, 0.1) is 0 Å². The number of benzene rings is 2. The van der Waals surface area contributed by atoms with Gasteiger partial charge in [-0.05, 0) is 53.1 Å². The molecule has 0 bridgehead atoms. The van der Waals surface area contributed by atoms with Crippen LogP contribution in [0.25, 0.3) is 0 Å². The summed E-state index contributed by atoms with van der Waals surface area (Å²) >= 11 is 0. The van der Waals surface area contributed by atoms with Gasteiger partial charge in [0, 0.05) is 39.2 Å². The second-order valence-electron chi connectivity index (χ2n) is 8.14. The van der Waals surface area contributed by atoms with E-state index in [4.69, 9.17) is 0 Å². The zero-order chi connectivity index (χ0) is 20.3. The van der Waals surface area contributed by atoms with E-state index < -0.39 is 0 Å². The molecule has 0 fully saturated rings. The molecule has 4 heteroatoms. The lowest BCUT2D eigenvalue weighted by Crippen LogP contribution is -2.36. The number of aryl methyl sites for hydroxylation is 1. The topological polar surface area (TPSA) is 40.6 Å². The molecule has 1 heterocycles. The van der Waals surface area contributed by atoms with Gasteiger partial charge < -0.3 is 9.80 Å². The summed E-state index contributed by atoms with van der Waals surface area (Å²) < 4.78 is 0. The van der Waals surface area contributed by atoms with E-state index in [2.05, 4.69) is 32.0 Å². The Morgan fingerprint density at radius 2 is 1.75 bits per heavy atom. The zero-order valence-corrected chi connectivity index (χ0v) is 17.4. The fourth-order valence-corrected chi connectivity index (χ4v) is 3.63. The molecular formula is C24H30N2O2. The molecule has 0 saturated heterocycles. The lowest BCUT2D eigenvalue weighted by Gasteiger charge is -2.29. The van der Waals surface area contributed by atoms with Gasteiger partial charge in [0.05, 0.1) is 0 Å². The van der Waals surface area contributed by atoms with E-state index in [0.717, 1.165) is 18.5 Å². The Morgan fingerprint density at radius 3 is 2.39 bits per heavy atom. The smallest absolute Gasteiger partial charge is 0.253 e. The number of amides is 2. The first-order valence-electron chi connectivity index (χ1n) is 10.0. The van der Waals surface area contributed by atoms with E-state index in [1.165, 1.54) is 16.7 Å². The number of rotatable bonds is 5. The first kappa shape index (κ1) is 20.1. The Balaban J connectivity index is 1.58. The molecule has 0 N–H and O–H groups in total. The van der Waals surface area contributed by atoms with Gasteiger partial charge in [0.25, 0.3) is 5.91 Å². The van der Waals surface area contributed by atoms with E-state index in [1.54, 1.807) is 19.0 Å². The minimum Gasteiger partial charge on any atom is -0.345 e. The second-order valence-corrected chi connectivity index (χ2v) is 8.14. The maximum atomic E-state index is 12.7. The van der Waals surface area contributed by atoms with Crippen LogP contribution >= 0.6 is 0 Å². The maximum absolute atomic E-state index is 12.7. The van der Waals surface area contributed by atoms with Gasteiger partial charge in [0.15, 0.2) is 0 Å². The fourth-order valence-electron chi connectivity index (χ4n) is 3.63. The van der Waals surface area contributed by atoms with Crippen LogP contribution in [0.1, 0.15) is 58.8 Å².